The van der Waals surface area contributed by atoms with E-state index in [1.807, 2.05) is 65.8 Å². The molecule has 4 aliphatic rings. The number of amides is 2. The summed E-state index contributed by atoms with van der Waals surface area (Å²) in [7, 11) is 0. The fourth-order valence-corrected chi connectivity index (χ4v) is 8.00. The van der Waals surface area contributed by atoms with Crippen molar-refractivity contribution in [1.82, 2.24) is 0 Å². The molecule has 2 saturated carbocycles. The summed E-state index contributed by atoms with van der Waals surface area (Å²) in [6.45, 7) is 12.7. The molecule has 59 heavy (non-hydrogen) atoms. The first-order chi connectivity index (χ1) is 27.7. The second kappa shape index (κ2) is 26.9. The van der Waals surface area contributed by atoms with Crippen molar-refractivity contribution in [2.75, 3.05) is 22.9 Å². The second-order valence-electron chi connectivity index (χ2n) is 17.1. The van der Waals surface area contributed by atoms with Gasteiger partial charge in [0.15, 0.2) is 0 Å². The maximum atomic E-state index is 14.3. The van der Waals surface area contributed by atoms with E-state index in [1.165, 1.54) is 46.9 Å². The van der Waals surface area contributed by atoms with E-state index in [9.17, 15) is 27.2 Å². The average molecular weight is 851 g/mol. The minimum atomic E-state index is -0.786. The molecule has 320 valence electrons. The molecule has 0 bridgehead atoms. The zero-order chi connectivity index (χ0) is 42.6. The van der Waals surface area contributed by atoms with Gasteiger partial charge < -0.3 is 9.80 Å². The Hall–Kier alpha value is -3.23. The van der Waals surface area contributed by atoms with Crippen LogP contribution >= 0.6 is 0 Å². The summed E-state index contributed by atoms with van der Waals surface area (Å²) >= 11 is 0. The van der Waals surface area contributed by atoms with Gasteiger partial charge >= 0.3 is 21.7 Å². The molecule has 0 spiro atoms. The Morgan fingerprint density at radius 2 is 0.966 bits per heavy atom. The molecule has 0 N–H and O–H groups in total. The van der Waals surface area contributed by atoms with Crippen LogP contribution in [0.1, 0.15) is 144 Å². The minimum absolute atomic E-state index is 0. The van der Waals surface area contributed by atoms with E-state index in [4.69, 9.17) is 0 Å². The van der Waals surface area contributed by atoms with E-state index >= 15 is 0 Å². The van der Waals surface area contributed by atoms with E-state index in [1.54, 1.807) is 0 Å². The van der Waals surface area contributed by atoms with E-state index in [0.29, 0.717) is 24.9 Å². The van der Waals surface area contributed by atoms with Crippen molar-refractivity contribution in [1.29, 1.82) is 0 Å². The molecule has 2 aromatic rings. The van der Waals surface area contributed by atoms with Crippen LogP contribution in [-0.4, -0.2) is 24.9 Å². The molecule has 0 atom stereocenters. The predicted molar refractivity (Wildman–Crippen MR) is 229 cm³/mol. The van der Waals surface area contributed by atoms with Crippen LogP contribution < -0.4 is 9.80 Å². The first-order valence-electron chi connectivity index (χ1n) is 21.5. The van der Waals surface area contributed by atoms with Crippen LogP contribution in [0.5, 0.6) is 0 Å². The maximum Gasteiger partial charge on any atom is 4.00 e. The monoisotopic (exact) mass is 850 g/mol. The summed E-state index contributed by atoms with van der Waals surface area (Å²) in [5.41, 5.74) is -0.832. The van der Waals surface area contributed by atoms with E-state index in [0.717, 1.165) is 89.9 Å². The number of anilines is 2. The Morgan fingerprint density at radius 1 is 0.610 bits per heavy atom. The Labute approximate surface area is 368 Å². The van der Waals surface area contributed by atoms with Crippen molar-refractivity contribution in [2.24, 2.45) is 22.7 Å². The van der Waals surface area contributed by atoms with Crippen LogP contribution in [0.3, 0.4) is 0 Å². The van der Waals surface area contributed by atoms with Gasteiger partial charge in [-0.2, -0.15) is 12.2 Å². The molecule has 0 heterocycles. The molecule has 4 aliphatic carbocycles. The Kier molecular flexibility index (Phi) is 23.6. The van der Waals surface area contributed by atoms with Gasteiger partial charge in [-0.05, 0) is 61.7 Å². The summed E-state index contributed by atoms with van der Waals surface area (Å²) in [6.07, 6.45) is 34.6. The van der Waals surface area contributed by atoms with Crippen LogP contribution in [0, 0.1) is 70.2 Å². The summed E-state index contributed by atoms with van der Waals surface area (Å²) < 4.78 is 55.1. The third-order valence-corrected chi connectivity index (χ3v) is 11.2. The Balaban J connectivity index is 0.000000323. The summed E-state index contributed by atoms with van der Waals surface area (Å²) in [4.78, 5) is 29.3. The van der Waals surface area contributed by atoms with Crippen LogP contribution in [0.4, 0.5) is 28.9 Å². The first-order valence-corrected chi connectivity index (χ1v) is 21.5. The third-order valence-electron chi connectivity index (χ3n) is 11.2. The average Bonchev–Trinajstić information content (AvgIpc) is 3.98. The van der Waals surface area contributed by atoms with Gasteiger partial charge in [0.2, 0.25) is 11.8 Å². The molecule has 2 aromatic carbocycles. The number of nitrogens with zero attached hydrogens (tertiary/aromatic N) is 2. The maximum absolute atomic E-state index is 14.3. The molecule has 6 rings (SSSR count). The predicted octanol–water partition coefficient (Wildman–Crippen LogP) is 13.6. The number of rotatable bonds is 12. The molecule has 2 amide bonds. The van der Waals surface area contributed by atoms with Gasteiger partial charge in [-0.3, -0.25) is 21.7 Å². The number of allylic oxidation sites excluding steroid dienone is 8. The number of carbonyl (C=O) groups is 2. The van der Waals surface area contributed by atoms with E-state index < -0.39 is 34.1 Å². The van der Waals surface area contributed by atoms with Crippen molar-refractivity contribution in [3.63, 3.8) is 0 Å². The molecule has 0 aromatic heterocycles. The van der Waals surface area contributed by atoms with Crippen molar-refractivity contribution in [3.8, 4) is 0 Å². The van der Waals surface area contributed by atoms with Crippen molar-refractivity contribution >= 4 is 23.2 Å². The number of carbonyl (C=O) groups excluding carboxylic acids is 2. The van der Waals surface area contributed by atoms with Gasteiger partial charge in [0, 0.05) is 47.2 Å². The number of hydrogen-bond acceptors (Lipinski definition) is 2. The zero-order valence-electron chi connectivity index (χ0n) is 36.4. The third kappa shape index (κ3) is 17.7. The van der Waals surface area contributed by atoms with Crippen LogP contribution in [-0.2, 0) is 31.3 Å². The van der Waals surface area contributed by atoms with Crippen LogP contribution in [0.15, 0.2) is 60.7 Å². The quantitative estimate of drug-likeness (QED) is 0.121. The molecule has 0 aliphatic heterocycles. The van der Waals surface area contributed by atoms with Gasteiger partial charge in [0.05, 0.1) is 0 Å². The largest absolute Gasteiger partial charge is 4.00 e. The Bertz CT molecular complexity index is 1550. The summed E-state index contributed by atoms with van der Waals surface area (Å²) in [5, 5.41) is 0. The molecular formula is C50H66F4N2O2Ti. The van der Waals surface area contributed by atoms with Crippen LogP contribution in [0.2, 0.25) is 0 Å². The fraction of sp³-hybridized carbons (Fsp3) is 0.560. The normalized spacial score (nSPS) is 16.2. The van der Waals surface area contributed by atoms with Crippen molar-refractivity contribution in [3.05, 3.63) is 108 Å². The van der Waals surface area contributed by atoms with Crippen molar-refractivity contribution < 1.29 is 48.9 Å². The van der Waals surface area contributed by atoms with Gasteiger partial charge in [0.25, 0.3) is 0 Å². The fourth-order valence-electron chi connectivity index (χ4n) is 8.00. The molecule has 0 unspecified atom stereocenters. The van der Waals surface area contributed by atoms with E-state index in [-0.39, 0.29) is 44.9 Å². The molecule has 0 radical (unpaired) electrons. The van der Waals surface area contributed by atoms with Gasteiger partial charge in [0.1, 0.15) is 0 Å². The number of halogens is 4. The standard InChI is InChI=1S/2C20H28F2NO.2C5H5.Ti/c2*1-4-12-20(2,3)19(24)23(14-15-8-6-5-7-9-15)18-11-10-16(21)13-17(18)22;2*1-2-4-5-3-1;/h2*10-11,15H,4-9,12,14H2,1-3H3;2*1-3H,4H2;/q4*-1;+4. The SMILES string of the molecule is CCCC(C)(C)C(=O)N(CC1CCCCC1)c1ccc(F)[c-]c1F.CCCC(C)(C)C(=O)N(CC1CCCCC1)c1ccc(F)[c-]c1F.[C-]1=CC=CC1.[C-]1=CC=CC1.[Ti+4]. The zero-order valence-corrected chi connectivity index (χ0v) is 37.9. The van der Waals surface area contributed by atoms with E-state index in [2.05, 4.69) is 36.4 Å². The second-order valence-corrected chi connectivity index (χ2v) is 17.1. The van der Waals surface area contributed by atoms with Crippen molar-refractivity contribution in [2.45, 2.75) is 144 Å². The summed E-state index contributed by atoms with van der Waals surface area (Å²) in [5.74, 6) is -2.47. The number of hydrogen-bond donors (Lipinski definition) is 0. The molecule has 2 fully saturated rings. The van der Waals surface area contributed by atoms with Gasteiger partial charge in [-0.15, -0.1) is 49.2 Å². The molecule has 9 heteroatoms. The molecular weight excluding hydrogens is 784 g/mol. The topological polar surface area (TPSA) is 40.6 Å². The molecule has 0 saturated heterocycles. The smallest absolute Gasteiger partial charge is 0.363 e. The van der Waals surface area contributed by atoms with Crippen LogP contribution in [0.25, 0.3) is 0 Å². The minimum Gasteiger partial charge on any atom is -0.363 e. The first kappa shape index (κ1) is 51.9. The summed E-state index contributed by atoms with van der Waals surface area (Å²) in [6, 6.07) is 9.21. The van der Waals surface area contributed by atoms with Gasteiger partial charge in [-0.1, -0.05) is 92.9 Å². The van der Waals surface area contributed by atoms with Gasteiger partial charge in [-0.25, -0.2) is 41.9 Å². The number of benzene rings is 2. The Morgan fingerprint density at radius 3 is 1.22 bits per heavy atom. The molecule has 4 nitrogen and oxygen atoms in total.